The van der Waals surface area contributed by atoms with E-state index in [2.05, 4.69) is 22.5 Å². The Morgan fingerprint density at radius 3 is 2.95 bits per heavy atom. The van der Waals surface area contributed by atoms with Gasteiger partial charge in [-0.15, -0.1) is 0 Å². The number of ether oxygens (including phenoxy) is 1. The molecule has 0 radical (unpaired) electrons. The summed E-state index contributed by atoms with van der Waals surface area (Å²) in [5.41, 5.74) is 1.97. The lowest BCUT2D eigenvalue weighted by atomic mass is 10.1. The van der Waals surface area contributed by atoms with E-state index in [0.717, 1.165) is 44.1 Å². The summed E-state index contributed by atoms with van der Waals surface area (Å²) in [6.45, 7) is 6.62. The number of nitrogens with zero attached hydrogens (tertiary/aromatic N) is 1. The predicted molar refractivity (Wildman–Crippen MR) is 77.7 cm³/mol. The van der Waals surface area contributed by atoms with E-state index in [4.69, 9.17) is 4.74 Å². The lowest BCUT2D eigenvalue weighted by molar-refractivity contribution is -0.117. The number of para-hydroxylation sites is 1. The molecule has 5 heteroatoms. The summed E-state index contributed by atoms with van der Waals surface area (Å²) in [6.07, 6.45) is 0. The van der Waals surface area contributed by atoms with Crippen molar-refractivity contribution in [2.75, 3.05) is 38.2 Å². The zero-order chi connectivity index (χ0) is 13.9. The molecule has 0 aliphatic carbocycles. The Morgan fingerprint density at radius 1 is 1.40 bits per heavy atom. The van der Waals surface area contributed by atoms with E-state index in [1.54, 1.807) is 0 Å². The Hall–Kier alpha value is -1.43. The molecular formula is C15H21N3O2. The van der Waals surface area contributed by atoms with Crippen LogP contribution in [0.3, 0.4) is 0 Å². The van der Waals surface area contributed by atoms with Gasteiger partial charge >= 0.3 is 0 Å². The zero-order valence-electron chi connectivity index (χ0n) is 11.8. The number of hydrogen-bond acceptors (Lipinski definition) is 4. The number of carbonyl (C=O) groups is 1. The predicted octanol–water partition coefficient (Wildman–Crippen LogP) is 0.990. The molecule has 2 N–H and O–H groups in total. The van der Waals surface area contributed by atoms with E-state index >= 15 is 0 Å². The highest BCUT2D eigenvalue weighted by molar-refractivity contribution is 6.02. The van der Waals surface area contributed by atoms with Gasteiger partial charge in [-0.2, -0.15) is 0 Å². The molecule has 1 saturated heterocycles. The molecule has 2 aliphatic rings. The van der Waals surface area contributed by atoms with Crippen LogP contribution in [0.2, 0.25) is 0 Å². The molecule has 2 heterocycles. The summed E-state index contributed by atoms with van der Waals surface area (Å²) < 4.78 is 5.35. The molecule has 1 amide bonds. The molecular weight excluding hydrogens is 254 g/mol. The smallest absolute Gasteiger partial charge is 0.246 e. The number of morpholine rings is 1. The number of nitrogens with one attached hydrogen (secondary N) is 2. The molecule has 0 bridgehead atoms. The van der Waals surface area contributed by atoms with Gasteiger partial charge in [-0.05, 0) is 13.0 Å². The van der Waals surface area contributed by atoms with Gasteiger partial charge in [0.05, 0.1) is 13.2 Å². The van der Waals surface area contributed by atoms with Gasteiger partial charge < -0.3 is 10.1 Å². The van der Waals surface area contributed by atoms with Crippen molar-refractivity contribution in [3.8, 4) is 0 Å². The van der Waals surface area contributed by atoms with Gasteiger partial charge in [0.15, 0.2) is 0 Å². The van der Waals surface area contributed by atoms with Crippen LogP contribution in [0.5, 0.6) is 0 Å². The lowest BCUT2D eigenvalue weighted by Gasteiger charge is -2.30. The van der Waals surface area contributed by atoms with E-state index in [1.165, 1.54) is 0 Å². The van der Waals surface area contributed by atoms with Gasteiger partial charge in [0, 0.05) is 36.9 Å². The molecule has 2 atom stereocenters. The van der Waals surface area contributed by atoms with Crippen molar-refractivity contribution in [1.82, 2.24) is 10.2 Å². The van der Waals surface area contributed by atoms with Crippen LogP contribution in [-0.4, -0.2) is 49.7 Å². The summed E-state index contributed by atoms with van der Waals surface area (Å²) in [6, 6.07) is 7.89. The van der Waals surface area contributed by atoms with Crippen LogP contribution in [0.25, 0.3) is 0 Å². The highest BCUT2D eigenvalue weighted by Gasteiger charge is 2.31. The summed E-state index contributed by atoms with van der Waals surface area (Å²) in [5.74, 6) is 0.0417. The average Bonchev–Trinajstić information content (AvgIpc) is 2.76. The first-order valence-corrected chi connectivity index (χ1v) is 7.20. The molecule has 1 aromatic rings. The van der Waals surface area contributed by atoms with Crippen molar-refractivity contribution < 1.29 is 9.53 Å². The summed E-state index contributed by atoms with van der Waals surface area (Å²) in [4.78, 5) is 14.4. The molecule has 20 heavy (non-hydrogen) atoms. The number of anilines is 1. The largest absolute Gasteiger partial charge is 0.379 e. The second kappa shape index (κ2) is 5.91. The van der Waals surface area contributed by atoms with Gasteiger partial charge in [0.1, 0.15) is 6.04 Å². The fourth-order valence-electron chi connectivity index (χ4n) is 2.88. The number of carbonyl (C=O) groups excluding carboxylic acids is 1. The van der Waals surface area contributed by atoms with Gasteiger partial charge in [-0.25, -0.2) is 0 Å². The van der Waals surface area contributed by atoms with Crippen molar-refractivity contribution in [3.63, 3.8) is 0 Å². The fourth-order valence-corrected chi connectivity index (χ4v) is 2.88. The lowest BCUT2D eigenvalue weighted by Crippen LogP contribution is -2.46. The van der Waals surface area contributed by atoms with Gasteiger partial charge in [-0.3, -0.25) is 15.0 Å². The summed E-state index contributed by atoms with van der Waals surface area (Å²) in [7, 11) is 0. The third-order valence-corrected chi connectivity index (χ3v) is 3.88. The number of benzene rings is 1. The SMILES string of the molecule is CC(CN1CCOCC1)NC1C(=O)Nc2ccccc21. The Morgan fingerprint density at radius 2 is 2.15 bits per heavy atom. The van der Waals surface area contributed by atoms with E-state index in [9.17, 15) is 4.79 Å². The standard InChI is InChI=1S/C15H21N3O2/c1-11(10-18-6-8-20-9-7-18)16-14-12-4-2-3-5-13(12)17-15(14)19/h2-5,11,14,16H,6-10H2,1H3,(H,17,19). The third kappa shape index (κ3) is 2.85. The topological polar surface area (TPSA) is 53.6 Å². The third-order valence-electron chi connectivity index (χ3n) is 3.88. The Kier molecular flexibility index (Phi) is 4.00. The Labute approximate surface area is 119 Å². The fraction of sp³-hybridized carbons (Fsp3) is 0.533. The first-order chi connectivity index (χ1) is 9.74. The molecule has 5 nitrogen and oxygen atoms in total. The molecule has 3 rings (SSSR count). The van der Waals surface area contributed by atoms with Crippen LogP contribution in [-0.2, 0) is 9.53 Å². The van der Waals surface area contributed by atoms with Crippen molar-refractivity contribution in [1.29, 1.82) is 0 Å². The molecule has 2 aliphatic heterocycles. The van der Waals surface area contributed by atoms with E-state index < -0.39 is 0 Å². The number of fused-ring (bicyclic) bond motifs is 1. The molecule has 108 valence electrons. The van der Waals surface area contributed by atoms with Gasteiger partial charge in [0.2, 0.25) is 5.91 Å². The van der Waals surface area contributed by atoms with Crippen LogP contribution in [0.15, 0.2) is 24.3 Å². The zero-order valence-corrected chi connectivity index (χ0v) is 11.8. The van der Waals surface area contributed by atoms with Crippen molar-refractivity contribution in [2.24, 2.45) is 0 Å². The van der Waals surface area contributed by atoms with Gasteiger partial charge in [0.25, 0.3) is 0 Å². The maximum absolute atomic E-state index is 12.1. The van der Waals surface area contributed by atoms with Crippen LogP contribution in [0.1, 0.15) is 18.5 Å². The minimum atomic E-state index is -0.234. The highest BCUT2D eigenvalue weighted by Crippen LogP contribution is 2.30. The number of amides is 1. The Balaban J connectivity index is 1.61. The molecule has 0 aromatic heterocycles. The van der Waals surface area contributed by atoms with E-state index in [1.807, 2.05) is 24.3 Å². The number of rotatable bonds is 4. The van der Waals surface area contributed by atoms with Crippen LogP contribution < -0.4 is 10.6 Å². The van der Waals surface area contributed by atoms with Crippen molar-refractivity contribution in [3.05, 3.63) is 29.8 Å². The average molecular weight is 275 g/mol. The van der Waals surface area contributed by atoms with Gasteiger partial charge in [-0.1, -0.05) is 18.2 Å². The summed E-state index contributed by atoms with van der Waals surface area (Å²) >= 11 is 0. The molecule has 2 unspecified atom stereocenters. The maximum atomic E-state index is 12.1. The first kappa shape index (κ1) is 13.5. The molecule has 1 fully saturated rings. The van der Waals surface area contributed by atoms with E-state index in [-0.39, 0.29) is 18.0 Å². The van der Waals surface area contributed by atoms with Crippen LogP contribution in [0.4, 0.5) is 5.69 Å². The Bertz CT molecular complexity index is 486. The second-order valence-electron chi connectivity index (χ2n) is 5.49. The minimum absolute atomic E-state index is 0.0417. The second-order valence-corrected chi connectivity index (χ2v) is 5.49. The normalized spacial score (nSPS) is 24.2. The molecule has 0 saturated carbocycles. The number of hydrogen-bond donors (Lipinski definition) is 2. The van der Waals surface area contributed by atoms with E-state index in [0.29, 0.717) is 0 Å². The highest BCUT2D eigenvalue weighted by atomic mass is 16.5. The minimum Gasteiger partial charge on any atom is -0.379 e. The quantitative estimate of drug-likeness (QED) is 0.860. The van der Waals surface area contributed by atoms with Crippen molar-refractivity contribution in [2.45, 2.75) is 19.0 Å². The monoisotopic (exact) mass is 275 g/mol. The first-order valence-electron chi connectivity index (χ1n) is 7.20. The van der Waals surface area contributed by atoms with Crippen LogP contribution >= 0.6 is 0 Å². The maximum Gasteiger partial charge on any atom is 0.246 e. The van der Waals surface area contributed by atoms with Crippen molar-refractivity contribution >= 4 is 11.6 Å². The molecule has 1 aromatic carbocycles. The molecule has 0 spiro atoms. The summed E-state index contributed by atoms with van der Waals surface area (Å²) in [5, 5.41) is 6.36. The van der Waals surface area contributed by atoms with Crippen LogP contribution in [0, 0.1) is 0 Å².